The van der Waals surface area contributed by atoms with Gasteiger partial charge in [-0.15, -0.1) is 0 Å². The van der Waals surface area contributed by atoms with Gasteiger partial charge in [-0.05, 0) is 49.4 Å². The molecule has 2 rings (SSSR count). The van der Waals surface area contributed by atoms with Crippen LogP contribution in [0.1, 0.15) is 72.6 Å². The lowest BCUT2D eigenvalue weighted by atomic mass is 9.51. The molecule has 0 spiro atoms. The summed E-state index contributed by atoms with van der Waals surface area (Å²) < 4.78 is 0. The molecule has 0 aromatic heterocycles. The molecule has 20 heavy (non-hydrogen) atoms. The van der Waals surface area contributed by atoms with E-state index in [9.17, 15) is 5.11 Å². The molecule has 2 aliphatic rings. The van der Waals surface area contributed by atoms with E-state index >= 15 is 0 Å². The Morgan fingerprint density at radius 3 is 2.30 bits per heavy atom. The van der Waals surface area contributed by atoms with Crippen LogP contribution >= 0.6 is 0 Å². The monoisotopic (exact) mass is 281 g/mol. The lowest BCUT2D eigenvalue weighted by molar-refractivity contribution is -0.182. The maximum atomic E-state index is 11.8. The molecule has 2 aliphatic carbocycles. The highest BCUT2D eigenvalue weighted by Gasteiger charge is 2.56. The molecule has 5 unspecified atom stereocenters. The summed E-state index contributed by atoms with van der Waals surface area (Å²) in [5.74, 6) is 2.32. The second-order valence-corrected chi connectivity index (χ2v) is 8.35. The number of aliphatic hydroxyl groups is 1. The summed E-state index contributed by atoms with van der Waals surface area (Å²) in [5.41, 5.74) is 5.69. The second kappa shape index (κ2) is 5.96. The van der Waals surface area contributed by atoms with E-state index in [-0.39, 0.29) is 5.41 Å². The molecule has 2 saturated carbocycles. The Morgan fingerprint density at radius 1 is 1.10 bits per heavy atom. The van der Waals surface area contributed by atoms with Gasteiger partial charge in [0.2, 0.25) is 0 Å². The molecule has 118 valence electrons. The zero-order valence-electron chi connectivity index (χ0n) is 14.0. The minimum Gasteiger partial charge on any atom is -0.389 e. The van der Waals surface area contributed by atoms with Crippen LogP contribution in [0.3, 0.4) is 0 Å². The predicted molar refractivity (Wildman–Crippen MR) is 85.4 cm³/mol. The van der Waals surface area contributed by atoms with Crippen molar-refractivity contribution in [3.8, 4) is 0 Å². The second-order valence-electron chi connectivity index (χ2n) is 8.35. The summed E-state index contributed by atoms with van der Waals surface area (Å²) in [6.07, 6.45) is 8.18. The minimum absolute atomic E-state index is 0.0334. The van der Waals surface area contributed by atoms with Crippen LogP contribution in [0.5, 0.6) is 0 Å². The Kier molecular flexibility index (Phi) is 4.86. The average molecular weight is 281 g/mol. The van der Waals surface area contributed by atoms with Gasteiger partial charge in [-0.2, -0.15) is 0 Å². The first-order valence-corrected chi connectivity index (χ1v) is 8.77. The van der Waals surface area contributed by atoms with Crippen molar-refractivity contribution < 1.29 is 5.11 Å². The van der Waals surface area contributed by atoms with Crippen molar-refractivity contribution in [1.82, 2.24) is 0 Å². The van der Waals surface area contributed by atoms with E-state index in [4.69, 9.17) is 5.73 Å². The lowest BCUT2D eigenvalue weighted by Crippen LogP contribution is -2.61. The van der Waals surface area contributed by atoms with E-state index in [1.807, 2.05) is 0 Å². The molecule has 0 saturated heterocycles. The van der Waals surface area contributed by atoms with Gasteiger partial charge < -0.3 is 10.8 Å². The summed E-state index contributed by atoms with van der Waals surface area (Å²) in [7, 11) is 0. The van der Waals surface area contributed by atoms with Crippen LogP contribution < -0.4 is 5.73 Å². The fourth-order valence-electron chi connectivity index (χ4n) is 5.40. The van der Waals surface area contributed by atoms with Crippen molar-refractivity contribution in [3.63, 3.8) is 0 Å². The molecule has 0 heterocycles. The highest BCUT2D eigenvalue weighted by atomic mass is 16.3. The van der Waals surface area contributed by atoms with Crippen LogP contribution in [-0.4, -0.2) is 17.3 Å². The van der Waals surface area contributed by atoms with Gasteiger partial charge in [0, 0.05) is 12.0 Å². The molecule has 2 heteroatoms. The third kappa shape index (κ3) is 2.66. The lowest BCUT2D eigenvalue weighted by Gasteiger charge is -2.58. The summed E-state index contributed by atoms with van der Waals surface area (Å²) >= 11 is 0. The van der Waals surface area contributed by atoms with Gasteiger partial charge in [-0.25, -0.2) is 0 Å². The maximum Gasteiger partial charge on any atom is 0.0748 e. The normalized spacial score (nSPS) is 46.6. The smallest absolute Gasteiger partial charge is 0.0748 e. The Balaban J connectivity index is 2.35. The first-order valence-electron chi connectivity index (χ1n) is 8.77. The van der Waals surface area contributed by atoms with E-state index in [2.05, 4.69) is 27.7 Å². The zero-order chi connectivity index (χ0) is 15.0. The Hall–Kier alpha value is -0.0800. The van der Waals surface area contributed by atoms with Crippen LogP contribution in [0.2, 0.25) is 0 Å². The summed E-state index contributed by atoms with van der Waals surface area (Å²) in [5, 5.41) is 11.8. The molecule has 5 atom stereocenters. The van der Waals surface area contributed by atoms with Crippen molar-refractivity contribution in [2.24, 2.45) is 34.8 Å². The third-order valence-electron chi connectivity index (χ3n) is 6.45. The van der Waals surface area contributed by atoms with Crippen molar-refractivity contribution in [1.29, 1.82) is 0 Å². The topological polar surface area (TPSA) is 46.2 Å². The van der Waals surface area contributed by atoms with E-state index in [1.165, 1.54) is 25.7 Å². The van der Waals surface area contributed by atoms with Crippen LogP contribution in [0.15, 0.2) is 0 Å². The molecule has 2 fully saturated rings. The molecular weight excluding hydrogens is 246 g/mol. The first kappa shape index (κ1) is 16.3. The van der Waals surface area contributed by atoms with Crippen molar-refractivity contribution in [2.75, 3.05) is 6.54 Å². The molecule has 0 aromatic carbocycles. The largest absolute Gasteiger partial charge is 0.389 e. The SMILES string of the molecule is CC1CCCC(CN)(C2(O)CC(C)CCC2C(C)C)C1. The van der Waals surface area contributed by atoms with Gasteiger partial charge >= 0.3 is 0 Å². The quantitative estimate of drug-likeness (QED) is 0.822. The van der Waals surface area contributed by atoms with Crippen molar-refractivity contribution >= 4 is 0 Å². The fourth-order valence-corrected chi connectivity index (χ4v) is 5.40. The van der Waals surface area contributed by atoms with E-state index in [0.29, 0.717) is 30.2 Å². The molecular formula is C18H35NO. The molecule has 0 bridgehead atoms. The number of nitrogens with two attached hydrogens (primary N) is 1. The fraction of sp³-hybridized carbons (Fsp3) is 1.00. The molecule has 0 aromatic rings. The number of rotatable bonds is 3. The predicted octanol–water partition coefficient (Wildman–Crippen LogP) is 3.96. The maximum absolute atomic E-state index is 11.8. The van der Waals surface area contributed by atoms with E-state index in [1.54, 1.807) is 0 Å². The first-order chi connectivity index (χ1) is 9.34. The van der Waals surface area contributed by atoms with E-state index < -0.39 is 5.60 Å². The number of hydrogen-bond donors (Lipinski definition) is 2. The van der Waals surface area contributed by atoms with Crippen LogP contribution in [0.25, 0.3) is 0 Å². The highest BCUT2D eigenvalue weighted by molar-refractivity contribution is 5.08. The van der Waals surface area contributed by atoms with Gasteiger partial charge in [0.05, 0.1) is 5.60 Å². The van der Waals surface area contributed by atoms with Crippen LogP contribution in [0, 0.1) is 29.1 Å². The van der Waals surface area contributed by atoms with Crippen molar-refractivity contribution in [2.45, 2.75) is 78.2 Å². The van der Waals surface area contributed by atoms with Gasteiger partial charge in [0.15, 0.2) is 0 Å². The van der Waals surface area contributed by atoms with Gasteiger partial charge in [-0.1, -0.05) is 47.0 Å². The summed E-state index contributed by atoms with van der Waals surface area (Å²) in [4.78, 5) is 0. The molecule has 0 amide bonds. The van der Waals surface area contributed by atoms with Gasteiger partial charge in [0.1, 0.15) is 0 Å². The minimum atomic E-state index is -0.539. The Labute approximate surface area is 125 Å². The van der Waals surface area contributed by atoms with Crippen LogP contribution in [0.4, 0.5) is 0 Å². The van der Waals surface area contributed by atoms with Gasteiger partial charge in [-0.3, -0.25) is 0 Å². The zero-order valence-corrected chi connectivity index (χ0v) is 14.0. The summed E-state index contributed by atoms with van der Waals surface area (Å²) in [6, 6.07) is 0. The van der Waals surface area contributed by atoms with Gasteiger partial charge in [0.25, 0.3) is 0 Å². The van der Waals surface area contributed by atoms with Crippen molar-refractivity contribution in [3.05, 3.63) is 0 Å². The standard InChI is InChI=1S/C18H35NO/c1-13(2)16-8-7-15(4)11-18(16,20)17(12-19)9-5-6-14(3)10-17/h13-16,20H,5-12,19H2,1-4H3. The Morgan fingerprint density at radius 2 is 1.75 bits per heavy atom. The van der Waals surface area contributed by atoms with E-state index in [0.717, 1.165) is 19.3 Å². The molecule has 0 aliphatic heterocycles. The Bertz CT molecular complexity index is 329. The molecule has 2 nitrogen and oxygen atoms in total. The molecule has 0 radical (unpaired) electrons. The highest BCUT2D eigenvalue weighted by Crippen LogP contribution is 2.56. The number of hydrogen-bond acceptors (Lipinski definition) is 2. The third-order valence-corrected chi connectivity index (χ3v) is 6.45. The van der Waals surface area contributed by atoms with Crippen LogP contribution in [-0.2, 0) is 0 Å². The summed E-state index contributed by atoms with van der Waals surface area (Å²) in [6.45, 7) is 9.86. The molecule has 3 N–H and O–H groups in total. The average Bonchev–Trinajstić information content (AvgIpc) is 2.37.